The van der Waals surface area contributed by atoms with Crippen molar-refractivity contribution in [1.29, 1.82) is 0 Å². The number of amides is 2. The van der Waals surface area contributed by atoms with Gasteiger partial charge in [0.15, 0.2) is 0 Å². The normalized spacial score (nSPS) is 18.3. The van der Waals surface area contributed by atoms with Crippen LogP contribution in [-0.4, -0.2) is 36.6 Å². The van der Waals surface area contributed by atoms with Gasteiger partial charge >= 0.3 is 6.03 Å². The van der Waals surface area contributed by atoms with Crippen LogP contribution in [0.2, 0.25) is 5.02 Å². The first-order valence-electron chi connectivity index (χ1n) is 6.74. The van der Waals surface area contributed by atoms with Gasteiger partial charge < -0.3 is 15.5 Å². The average molecular weight is 282 g/mol. The molecule has 1 atom stereocenters. The van der Waals surface area contributed by atoms with Crippen molar-refractivity contribution in [1.82, 2.24) is 10.2 Å². The Bertz CT molecular complexity index is 415. The highest BCUT2D eigenvalue weighted by molar-refractivity contribution is 6.30. The summed E-state index contributed by atoms with van der Waals surface area (Å²) in [4.78, 5) is 14.3. The average Bonchev–Trinajstić information content (AvgIpc) is 2.92. The smallest absolute Gasteiger partial charge is 0.320 e. The van der Waals surface area contributed by atoms with Crippen LogP contribution in [0.3, 0.4) is 0 Å². The van der Waals surface area contributed by atoms with E-state index in [0.717, 1.165) is 38.2 Å². The Morgan fingerprint density at radius 3 is 2.79 bits per heavy atom. The minimum atomic E-state index is -0.0297. The third-order valence-corrected chi connectivity index (χ3v) is 3.55. The van der Waals surface area contributed by atoms with E-state index >= 15 is 0 Å². The molecule has 0 radical (unpaired) electrons. The lowest BCUT2D eigenvalue weighted by Crippen LogP contribution is -2.44. The summed E-state index contributed by atoms with van der Waals surface area (Å²) in [6.45, 7) is 4.74. The standard InChI is InChI=1S/C14H20ClN3O/c1-2-9-18(13-7-8-16-10-13)14(19)17-12-5-3-11(15)4-6-12/h3-6,13,16H,2,7-10H2,1H3,(H,17,19). The number of anilines is 1. The van der Waals surface area contributed by atoms with Gasteiger partial charge in [-0.15, -0.1) is 0 Å². The summed E-state index contributed by atoms with van der Waals surface area (Å²) in [5, 5.41) is 6.90. The number of carbonyl (C=O) groups excluding carboxylic acids is 1. The molecule has 1 saturated heterocycles. The van der Waals surface area contributed by atoms with E-state index in [1.165, 1.54) is 0 Å². The predicted molar refractivity (Wildman–Crippen MR) is 78.7 cm³/mol. The van der Waals surface area contributed by atoms with Crippen molar-refractivity contribution in [2.24, 2.45) is 0 Å². The largest absolute Gasteiger partial charge is 0.322 e. The van der Waals surface area contributed by atoms with Crippen molar-refractivity contribution < 1.29 is 4.79 Å². The highest BCUT2D eigenvalue weighted by Gasteiger charge is 2.25. The molecule has 0 aromatic heterocycles. The molecule has 0 aliphatic carbocycles. The molecule has 5 heteroatoms. The topological polar surface area (TPSA) is 44.4 Å². The Hall–Kier alpha value is -1.26. The Morgan fingerprint density at radius 1 is 1.47 bits per heavy atom. The highest BCUT2D eigenvalue weighted by atomic mass is 35.5. The molecular weight excluding hydrogens is 262 g/mol. The van der Waals surface area contributed by atoms with Gasteiger partial charge in [-0.25, -0.2) is 4.79 Å². The van der Waals surface area contributed by atoms with Crippen molar-refractivity contribution in [3.8, 4) is 0 Å². The number of benzene rings is 1. The van der Waals surface area contributed by atoms with E-state index in [1.807, 2.05) is 17.0 Å². The van der Waals surface area contributed by atoms with Gasteiger partial charge in [0.1, 0.15) is 0 Å². The number of nitrogens with one attached hydrogen (secondary N) is 2. The van der Waals surface area contributed by atoms with Crippen LogP contribution in [-0.2, 0) is 0 Å². The summed E-state index contributed by atoms with van der Waals surface area (Å²) in [5.41, 5.74) is 0.779. The summed E-state index contributed by atoms with van der Waals surface area (Å²) in [6.07, 6.45) is 1.98. The number of hydrogen-bond donors (Lipinski definition) is 2. The number of rotatable bonds is 4. The maximum Gasteiger partial charge on any atom is 0.322 e. The second-order valence-corrected chi connectivity index (χ2v) is 5.21. The van der Waals surface area contributed by atoms with Crippen molar-refractivity contribution in [3.63, 3.8) is 0 Å². The number of halogens is 1. The van der Waals surface area contributed by atoms with Gasteiger partial charge in [0.25, 0.3) is 0 Å². The Labute approximate surface area is 119 Å². The minimum absolute atomic E-state index is 0.0297. The summed E-state index contributed by atoms with van der Waals surface area (Å²) in [5.74, 6) is 0. The molecule has 1 aromatic rings. The Kier molecular flexibility index (Phi) is 5.05. The molecule has 1 aliphatic heterocycles. The number of urea groups is 1. The van der Waals surface area contributed by atoms with Gasteiger partial charge in [0.2, 0.25) is 0 Å². The van der Waals surface area contributed by atoms with E-state index in [9.17, 15) is 4.79 Å². The molecule has 0 saturated carbocycles. The van der Waals surface area contributed by atoms with E-state index in [1.54, 1.807) is 12.1 Å². The zero-order chi connectivity index (χ0) is 13.7. The van der Waals surface area contributed by atoms with Crippen LogP contribution < -0.4 is 10.6 Å². The predicted octanol–water partition coefficient (Wildman–Crippen LogP) is 2.95. The Balaban J connectivity index is 2.00. The second-order valence-electron chi connectivity index (χ2n) is 4.78. The van der Waals surface area contributed by atoms with Crippen LogP contribution in [0.5, 0.6) is 0 Å². The van der Waals surface area contributed by atoms with Gasteiger partial charge in [-0.05, 0) is 43.7 Å². The van der Waals surface area contributed by atoms with Crippen LogP contribution >= 0.6 is 11.6 Å². The fourth-order valence-electron chi connectivity index (χ4n) is 2.32. The van der Waals surface area contributed by atoms with Gasteiger partial charge in [-0.2, -0.15) is 0 Å². The zero-order valence-corrected chi connectivity index (χ0v) is 11.9. The number of hydrogen-bond acceptors (Lipinski definition) is 2. The molecule has 2 amide bonds. The SMILES string of the molecule is CCCN(C(=O)Nc1ccc(Cl)cc1)C1CCNC1. The molecule has 1 aromatic carbocycles. The molecule has 4 nitrogen and oxygen atoms in total. The van der Waals surface area contributed by atoms with Crippen molar-refractivity contribution in [2.45, 2.75) is 25.8 Å². The molecule has 1 heterocycles. The first-order chi connectivity index (χ1) is 9.20. The van der Waals surface area contributed by atoms with Gasteiger partial charge in [0.05, 0.1) is 0 Å². The van der Waals surface area contributed by atoms with Crippen LogP contribution in [0.25, 0.3) is 0 Å². The molecule has 104 valence electrons. The molecule has 2 rings (SSSR count). The third kappa shape index (κ3) is 3.85. The first-order valence-corrected chi connectivity index (χ1v) is 7.12. The molecule has 0 spiro atoms. The maximum atomic E-state index is 12.3. The first kappa shape index (κ1) is 14.2. The molecule has 1 aliphatic rings. The quantitative estimate of drug-likeness (QED) is 0.891. The summed E-state index contributed by atoms with van der Waals surface area (Å²) < 4.78 is 0. The van der Waals surface area contributed by atoms with Crippen LogP contribution in [0.1, 0.15) is 19.8 Å². The van der Waals surface area contributed by atoms with E-state index in [0.29, 0.717) is 11.1 Å². The molecule has 1 fully saturated rings. The molecular formula is C14H20ClN3O. The molecule has 0 bridgehead atoms. The van der Waals surface area contributed by atoms with Crippen LogP contribution in [0.15, 0.2) is 24.3 Å². The minimum Gasteiger partial charge on any atom is -0.320 e. The van der Waals surface area contributed by atoms with Crippen molar-refractivity contribution in [3.05, 3.63) is 29.3 Å². The third-order valence-electron chi connectivity index (χ3n) is 3.30. The Morgan fingerprint density at radius 2 is 2.21 bits per heavy atom. The molecule has 19 heavy (non-hydrogen) atoms. The summed E-state index contributed by atoms with van der Waals surface area (Å²) in [7, 11) is 0. The number of carbonyl (C=O) groups is 1. The molecule has 2 N–H and O–H groups in total. The number of nitrogens with zero attached hydrogens (tertiary/aromatic N) is 1. The lowest BCUT2D eigenvalue weighted by molar-refractivity contribution is 0.192. The maximum absolute atomic E-state index is 12.3. The lowest BCUT2D eigenvalue weighted by Gasteiger charge is -2.28. The van der Waals surface area contributed by atoms with Crippen LogP contribution in [0.4, 0.5) is 10.5 Å². The fourth-order valence-corrected chi connectivity index (χ4v) is 2.45. The highest BCUT2D eigenvalue weighted by Crippen LogP contribution is 2.16. The summed E-state index contributed by atoms with van der Waals surface area (Å²) in [6, 6.07) is 7.45. The van der Waals surface area contributed by atoms with E-state index in [2.05, 4.69) is 17.6 Å². The monoisotopic (exact) mass is 281 g/mol. The fraction of sp³-hybridized carbons (Fsp3) is 0.500. The van der Waals surface area contributed by atoms with E-state index in [4.69, 9.17) is 11.6 Å². The molecule has 1 unspecified atom stereocenters. The second kappa shape index (κ2) is 6.78. The van der Waals surface area contributed by atoms with Gasteiger partial charge in [-0.3, -0.25) is 0 Å². The lowest BCUT2D eigenvalue weighted by atomic mass is 10.2. The van der Waals surface area contributed by atoms with Gasteiger partial charge in [-0.1, -0.05) is 18.5 Å². The van der Waals surface area contributed by atoms with Gasteiger partial charge in [0, 0.05) is 29.8 Å². The van der Waals surface area contributed by atoms with E-state index < -0.39 is 0 Å². The van der Waals surface area contributed by atoms with Crippen LogP contribution in [0, 0.1) is 0 Å². The van der Waals surface area contributed by atoms with Crippen molar-refractivity contribution in [2.75, 3.05) is 25.0 Å². The van der Waals surface area contributed by atoms with E-state index in [-0.39, 0.29) is 6.03 Å². The van der Waals surface area contributed by atoms with Crippen molar-refractivity contribution >= 4 is 23.3 Å². The zero-order valence-electron chi connectivity index (χ0n) is 11.2. The summed E-state index contributed by atoms with van der Waals surface area (Å²) >= 11 is 5.83.